The highest BCUT2D eigenvalue weighted by Gasteiger charge is 2.06. The molecule has 0 radical (unpaired) electrons. The molecule has 0 amide bonds. The van der Waals surface area contributed by atoms with E-state index in [1.807, 2.05) is 55.5 Å². The van der Waals surface area contributed by atoms with E-state index in [1.165, 1.54) is 5.56 Å². The normalized spacial score (nSPS) is 11.4. The number of rotatable bonds is 3. The van der Waals surface area contributed by atoms with Gasteiger partial charge in [0.2, 0.25) is 0 Å². The Labute approximate surface area is 129 Å². The van der Waals surface area contributed by atoms with Crippen molar-refractivity contribution in [3.05, 3.63) is 75.8 Å². The van der Waals surface area contributed by atoms with Gasteiger partial charge in [-0.15, -0.1) is 0 Å². The molecule has 3 heteroatoms. The third-order valence-electron chi connectivity index (χ3n) is 3.67. The number of aromatic nitrogens is 2. The topological polar surface area (TPSA) is 34.9 Å². The van der Waals surface area contributed by atoms with E-state index < -0.39 is 0 Å². The van der Waals surface area contributed by atoms with Crippen molar-refractivity contribution < 1.29 is 0 Å². The maximum absolute atomic E-state index is 12.5. The quantitative estimate of drug-likeness (QED) is 0.733. The average Bonchev–Trinajstić information content (AvgIpc) is 2.53. The lowest BCUT2D eigenvalue weighted by Gasteiger charge is -2.08. The summed E-state index contributed by atoms with van der Waals surface area (Å²) in [6.07, 6.45) is 3.90. The van der Waals surface area contributed by atoms with Crippen molar-refractivity contribution >= 4 is 23.1 Å². The second-order valence-electron chi connectivity index (χ2n) is 5.28. The summed E-state index contributed by atoms with van der Waals surface area (Å²) in [5.41, 5.74) is 3.06. The van der Waals surface area contributed by atoms with E-state index in [4.69, 9.17) is 0 Å². The van der Waals surface area contributed by atoms with Crippen molar-refractivity contribution in [3.63, 3.8) is 0 Å². The van der Waals surface area contributed by atoms with E-state index >= 15 is 0 Å². The summed E-state index contributed by atoms with van der Waals surface area (Å²) in [5, 5.41) is 0.664. The number of aryl methyl sites for hydroxylation is 1. The van der Waals surface area contributed by atoms with Gasteiger partial charge in [-0.1, -0.05) is 48.0 Å². The molecule has 0 atom stereocenters. The zero-order chi connectivity index (χ0) is 15.5. The molecule has 0 saturated heterocycles. The van der Waals surface area contributed by atoms with E-state index in [0.717, 1.165) is 11.1 Å². The maximum atomic E-state index is 12.5. The molecule has 3 nitrogen and oxygen atoms in total. The van der Waals surface area contributed by atoms with Crippen LogP contribution in [0.25, 0.3) is 23.1 Å². The van der Waals surface area contributed by atoms with Crippen molar-refractivity contribution in [3.8, 4) is 0 Å². The number of fused-ring (bicyclic) bond motifs is 1. The Balaban J connectivity index is 2.12. The summed E-state index contributed by atoms with van der Waals surface area (Å²) in [7, 11) is 0. The molecule has 0 spiro atoms. The van der Waals surface area contributed by atoms with Gasteiger partial charge in [0, 0.05) is 6.54 Å². The second kappa shape index (κ2) is 5.98. The van der Waals surface area contributed by atoms with Crippen LogP contribution in [0.15, 0.2) is 53.3 Å². The lowest BCUT2D eigenvalue weighted by molar-refractivity contribution is 0.708. The number of benzene rings is 2. The summed E-state index contributed by atoms with van der Waals surface area (Å²) in [6.45, 7) is 4.62. The first-order valence-electron chi connectivity index (χ1n) is 7.43. The third-order valence-corrected chi connectivity index (χ3v) is 3.67. The van der Waals surface area contributed by atoms with Gasteiger partial charge in [0.1, 0.15) is 5.82 Å². The van der Waals surface area contributed by atoms with Gasteiger partial charge in [-0.05, 0) is 37.6 Å². The van der Waals surface area contributed by atoms with Crippen LogP contribution >= 0.6 is 0 Å². The van der Waals surface area contributed by atoms with Crippen LogP contribution in [0, 0.1) is 6.92 Å². The molecular weight excluding hydrogens is 272 g/mol. The van der Waals surface area contributed by atoms with Crippen LogP contribution in [0.1, 0.15) is 23.9 Å². The molecule has 0 aliphatic heterocycles. The Bertz CT molecular complexity index is 907. The summed E-state index contributed by atoms with van der Waals surface area (Å²) in [5.74, 6) is 0.688. The van der Waals surface area contributed by atoms with Crippen LogP contribution in [-0.4, -0.2) is 9.55 Å². The van der Waals surface area contributed by atoms with Crippen LogP contribution in [-0.2, 0) is 6.54 Å². The molecule has 0 N–H and O–H groups in total. The standard InChI is InChI=1S/C19H18N2O/c1-3-21-18(12-11-15-8-6-7-14(2)13-15)20-17-10-5-4-9-16(17)19(21)22/h4-13H,3H2,1-2H3/b12-11+. The zero-order valence-electron chi connectivity index (χ0n) is 12.8. The first-order valence-corrected chi connectivity index (χ1v) is 7.43. The molecule has 0 bridgehead atoms. The van der Waals surface area contributed by atoms with Gasteiger partial charge in [-0.2, -0.15) is 0 Å². The summed E-state index contributed by atoms with van der Waals surface area (Å²) in [4.78, 5) is 17.2. The van der Waals surface area contributed by atoms with Crippen molar-refractivity contribution in [2.45, 2.75) is 20.4 Å². The van der Waals surface area contributed by atoms with E-state index in [0.29, 0.717) is 17.8 Å². The fourth-order valence-electron chi connectivity index (χ4n) is 2.56. The van der Waals surface area contributed by atoms with Gasteiger partial charge in [0.05, 0.1) is 10.9 Å². The predicted molar refractivity (Wildman–Crippen MR) is 91.8 cm³/mol. The Morgan fingerprint density at radius 1 is 1.09 bits per heavy atom. The van der Waals surface area contributed by atoms with Gasteiger partial charge in [0.25, 0.3) is 5.56 Å². The molecule has 0 fully saturated rings. The third kappa shape index (κ3) is 2.70. The van der Waals surface area contributed by atoms with Crippen molar-refractivity contribution in [2.75, 3.05) is 0 Å². The number of hydrogen-bond acceptors (Lipinski definition) is 2. The highest BCUT2D eigenvalue weighted by molar-refractivity contribution is 5.79. The van der Waals surface area contributed by atoms with Crippen LogP contribution < -0.4 is 5.56 Å². The molecular formula is C19H18N2O. The van der Waals surface area contributed by atoms with E-state index in [9.17, 15) is 4.79 Å². The largest absolute Gasteiger partial charge is 0.293 e. The molecule has 0 unspecified atom stereocenters. The Morgan fingerprint density at radius 3 is 2.68 bits per heavy atom. The first kappa shape index (κ1) is 14.3. The molecule has 22 heavy (non-hydrogen) atoms. The van der Waals surface area contributed by atoms with E-state index in [-0.39, 0.29) is 5.56 Å². The molecule has 0 saturated carbocycles. The lowest BCUT2D eigenvalue weighted by atomic mass is 10.1. The fourth-order valence-corrected chi connectivity index (χ4v) is 2.56. The molecule has 2 aromatic carbocycles. The Hall–Kier alpha value is -2.68. The second-order valence-corrected chi connectivity index (χ2v) is 5.28. The maximum Gasteiger partial charge on any atom is 0.261 e. The van der Waals surface area contributed by atoms with Crippen molar-refractivity contribution in [1.29, 1.82) is 0 Å². The minimum absolute atomic E-state index is 0.0111. The predicted octanol–water partition coefficient (Wildman–Crippen LogP) is 3.90. The molecule has 1 aromatic heterocycles. The number of nitrogens with zero attached hydrogens (tertiary/aromatic N) is 2. The molecule has 1 heterocycles. The first-order chi connectivity index (χ1) is 10.7. The minimum Gasteiger partial charge on any atom is -0.293 e. The monoisotopic (exact) mass is 290 g/mol. The smallest absolute Gasteiger partial charge is 0.261 e. The van der Waals surface area contributed by atoms with Gasteiger partial charge < -0.3 is 0 Å². The zero-order valence-corrected chi connectivity index (χ0v) is 12.8. The summed E-state index contributed by atoms with van der Waals surface area (Å²) >= 11 is 0. The number of para-hydroxylation sites is 1. The van der Waals surface area contributed by atoms with Crippen LogP contribution in [0.3, 0.4) is 0 Å². The molecule has 0 aliphatic rings. The van der Waals surface area contributed by atoms with Crippen LogP contribution in [0.4, 0.5) is 0 Å². The van der Waals surface area contributed by atoms with Crippen LogP contribution in [0.5, 0.6) is 0 Å². The van der Waals surface area contributed by atoms with Gasteiger partial charge >= 0.3 is 0 Å². The molecule has 3 rings (SSSR count). The minimum atomic E-state index is 0.0111. The van der Waals surface area contributed by atoms with Crippen molar-refractivity contribution in [2.24, 2.45) is 0 Å². The van der Waals surface area contributed by atoms with Gasteiger partial charge in [-0.3, -0.25) is 9.36 Å². The average molecular weight is 290 g/mol. The number of hydrogen-bond donors (Lipinski definition) is 0. The van der Waals surface area contributed by atoms with Gasteiger partial charge in [-0.25, -0.2) is 4.98 Å². The molecule has 110 valence electrons. The Kier molecular flexibility index (Phi) is 3.88. The lowest BCUT2D eigenvalue weighted by Crippen LogP contribution is -2.22. The molecule has 3 aromatic rings. The van der Waals surface area contributed by atoms with Crippen molar-refractivity contribution in [1.82, 2.24) is 9.55 Å². The SMILES string of the molecule is CCn1c(/C=C/c2cccc(C)c2)nc2ccccc2c1=O. The molecule has 0 aliphatic carbocycles. The summed E-state index contributed by atoms with van der Waals surface area (Å²) in [6, 6.07) is 15.7. The highest BCUT2D eigenvalue weighted by atomic mass is 16.1. The van der Waals surface area contributed by atoms with Crippen LogP contribution in [0.2, 0.25) is 0 Å². The van der Waals surface area contributed by atoms with E-state index in [2.05, 4.69) is 24.0 Å². The fraction of sp³-hybridized carbons (Fsp3) is 0.158. The Morgan fingerprint density at radius 2 is 1.91 bits per heavy atom. The van der Waals surface area contributed by atoms with Gasteiger partial charge in [0.15, 0.2) is 0 Å². The van der Waals surface area contributed by atoms with E-state index in [1.54, 1.807) is 4.57 Å². The summed E-state index contributed by atoms with van der Waals surface area (Å²) < 4.78 is 1.70. The highest BCUT2D eigenvalue weighted by Crippen LogP contribution is 2.12.